The van der Waals surface area contributed by atoms with Gasteiger partial charge in [-0.2, -0.15) is 0 Å². The summed E-state index contributed by atoms with van der Waals surface area (Å²) in [5, 5.41) is 21.6. The van der Waals surface area contributed by atoms with Crippen LogP contribution in [0.15, 0.2) is 58.7 Å². The molecule has 0 spiro atoms. The van der Waals surface area contributed by atoms with Gasteiger partial charge in [0.15, 0.2) is 16.6 Å². The summed E-state index contributed by atoms with van der Waals surface area (Å²) in [5.41, 5.74) is 3.13. The minimum Gasteiger partial charge on any atom is -0.456 e. The second-order valence-corrected chi connectivity index (χ2v) is 25.4. The maximum atomic E-state index is 13.4. The van der Waals surface area contributed by atoms with E-state index in [9.17, 15) is 15.0 Å². The zero-order valence-corrected chi connectivity index (χ0v) is 33.2. The third-order valence-corrected chi connectivity index (χ3v) is 19.0. The molecule has 1 aliphatic rings. The van der Waals surface area contributed by atoms with E-state index in [-0.39, 0.29) is 33.8 Å². The SMILES string of the molecule is CCC1/C=C(/C)[C@@H](O[Si](C)(C)C(C)(C)C)C/C=C/C=C(/CO)C(=O)O[C@H]([C@@H](C)O[Si](C)(C)C(C)(C)C)C/C=C(C)/C=C(\C)[C@@H]1O. The van der Waals surface area contributed by atoms with E-state index in [1.165, 1.54) is 0 Å². The highest BCUT2D eigenvalue weighted by molar-refractivity contribution is 6.74. The quantitative estimate of drug-likeness (QED) is 0.161. The highest BCUT2D eigenvalue weighted by Gasteiger charge is 2.41. The number of hydrogen-bond acceptors (Lipinski definition) is 6. The average molecular weight is 663 g/mol. The van der Waals surface area contributed by atoms with Gasteiger partial charge in [0.2, 0.25) is 0 Å². The van der Waals surface area contributed by atoms with Gasteiger partial charge in [-0.1, -0.05) is 84.4 Å². The number of carbonyl (C=O) groups is 1. The topological polar surface area (TPSA) is 85.2 Å². The van der Waals surface area contributed by atoms with Crippen LogP contribution in [0.25, 0.3) is 0 Å². The van der Waals surface area contributed by atoms with Crippen LogP contribution in [0, 0.1) is 5.92 Å². The van der Waals surface area contributed by atoms with E-state index in [1.807, 2.05) is 39.0 Å². The van der Waals surface area contributed by atoms with Gasteiger partial charge in [-0.25, -0.2) is 4.79 Å². The van der Waals surface area contributed by atoms with Crippen molar-refractivity contribution in [3.05, 3.63) is 58.7 Å². The van der Waals surface area contributed by atoms with E-state index in [0.717, 1.165) is 23.1 Å². The molecule has 0 saturated heterocycles. The first-order valence-electron chi connectivity index (χ1n) is 16.7. The lowest BCUT2D eigenvalue weighted by molar-refractivity contribution is -0.149. The van der Waals surface area contributed by atoms with Gasteiger partial charge in [0.05, 0.1) is 30.5 Å². The minimum absolute atomic E-state index is 0.00171. The van der Waals surface area contributed by atoms with E-state index >= 15 is 0 Å². The number of cyclic esters (lactones) is 1. The fourth-order valence-electron chi connectivity index (χ4n) is 4.72. The van der Waals surface area contributed by atoms with Gasteiger partial charge in [-0.05, 0) is 94.0 Å². The smallest absolute Gasteiger partial charge is 0.336 e. The first kappa shape index (κ1) is 41.5. The second-order valence-electron chi connectivity index (χ2n) is 15.9. The highest BCUT2D eigenvalue weighted by Crippen LogP contribution is 2.39. The number of aliphatic hydroxyl groups is 2. The molecule has 0 bridgehead atoms. The summed E-state index contributed by atoms with van der Waals surface area (Å²) in [6.45, 7) is 31.8. The van der Waals surface area contributed by atoms with Gasteiger partial charge >= 0.3 is 5.97 Å². The van der Waals surface area contributed by atoms with Crippen LogP contribution in [-0.2, 0) is 18.4 Å². The van der Waals surface area contributed by atoms with Crippen LogP contribution in [0.1, 0.15) is 95.4 Å². The lowest BCUT2D eigenvalue weighted by Crippen LogP contribution is -2.47. The van der Waals surface area contributed by atoms with Crippen LogP contribution >= 0.6 is 0 Å². The Morgan fingerprint density at radius 2 is 1.56 bits per heavy atom. The molecule has 0 aliphatic carbocycles. The Kier molecular flexibility index (Phi) is 15.7. The van der Waals surface area contributed by atoms with Gasteiger partial charge < -0.3 is 23.8 Å². The van der Waals surface area contributed by atoms with E-state index in [0.29, 0.717) is 12.8 Å². The molecule has 0 fully saturated rings. The van der Waals surface area contributed by atoms with E-state index in [2.05, 4.69) is 87.7 Å². The molecule has 1 aliphatic heterocycles. The van der Waals surface area contributed by atoms with Crippen molar-refractivity contribution in [3.63, 3.8) is 0 Å². The molecule has 0 radical (unpaired) electrons. The lowest BCUT2D eigenvalue weighted by atomic mass is 9.90. The molecule has 2 N–H and O–H groups in total. The fourth-order valence-corrected chi connectivity index (χ4v) is 7.50. The number of carbonyl (C=O) groups excluding carboxylic acids is 1. The molecule has 0 saturated carbocycles. The number of ether oxygens (including phenoxy) is 1. The third kappa shape index (κ3) is 12.5. The summed E-state index contributed by atoms with van der Waals surface area (Å²) < 4.78 is 19.6. The molecule has 0 aromatic heterocycles. The standard InChI is InChI=1S/C37H66O6Si2/c1-16-30-24-27(3)32(43-45(14,15)37(9,10)11)20-18-17-19-31(25-38)35(40)41-33(22-21-26(2)23-28(4)34(30)39)29(5)42-44(12,13)36(6,7)8/h17-19,21,23-24,29-30,32-34,38-39H,16,20,22,25H2,1-15H3/b18-17+,26-21+,27-24-,28-23+,31-19-/t29-,30?,32+,33+,34+/m1/s1. The predicted molar refractivity (Wildman–Crippen MR) is 194 cm³/mol. The second kappa shape index (κ2) is 17.0. The molecule has 1 rings (SSSR count). The van der Waals surface area contributed by atoms with Crippen molar-refractivity contribution >= 4 is 22.6 Å². The van der Waals surface area contributed by atoms with Crippen LogP contribution < -0.4 is 0 Å². The van der Waals surface area contributed by atoms with Crippen molar-refractivity contribution < 1.29 is 28.6 Å². The van der Waals surface area contributed by atoms with Crippen molar-refractivity contribution in [1.29, 1.82) is 0 Å². The summed E-state index contributed by atoms with van der Waals surface area (Å²) in [4.78, 5) is 13.4. The van der Waals surface area contributed by atoms with E-state index in [1.54, 1.807) is 12.2 Å². The predicted octanol–water partition coefficient (Wildman–Crippen LogP) is 9.19. The maximum Gasteiger partial charge on any atom is 0.336 e. The van der Waals surface area contributed by atoms with Crippen LogP contribution in [0.2, 0.25) is 36.3 Å². The Bertz CT molecular complexity index is 1130. The molecule has 1 heterocycles. The van der Waals surface area contributed by atoms with Crippen LogP contribution in [0.4, 0.5) is 0 Å². The average Bonchev–Trinajstić information content (AvgIpc) is 2.90. The molecular weight excluding hydrogens is 597 g/mol. The zero-order valence-electron chi connectivity index (χ0n) is 31.2. The fraction of sp³-hybridized carbons (Fsp3) is 0.703. The number of rotatable bonds is 7. The van der Waals surface area contributed by atoms with E-state index < -0.39 is 41.4 Å². The molecule has 45 heavy (non-hydrogen) atoms. The van der Waals surface area contributed by atoms with Crippen molar-refractivity contribution in [2.45, 2.75) is 156 Å². The van der Waals surface area contributed by atoms with E-state index in [4.69, 9.17) is 13.6 Å². The Labute approximate surface area is 278 Å². The third-order valence-electron chi connectivity index (χ3n) is 9.98. The van der Waals surface area contributed by atoms with Crippen molar-refractivity contribution in [2.24, 2.45) is 5.92 Å². The Morgan fingerprint density at radius 1 is 0.978 bits per heavy atom. The maximum absolute atomic E-state index is 13.4. The highest BCUT2D eigenvalue weighted by atomic mass is 28.4. The number of aliphatic hydroxyl groups excluding tert-OH is 2. The van der Waals surface area contributed by atoms with Gasteiger partial charge in [0.25, 0.3) is 0 Å². The number of esters is 1. The van der Waals surface area contributed by atoms with Crippen LogP contribution in [-0.4, -0.2) is 63.8 Å². The number of allylic oxidation sites excluding steroid dienone is 4. The van der Waals surface area contributed by atoms with Gasteiger partial charge in [-0.3, -0.25) is 0 Å². The summed E-state index contributed by atoms with van der Waals surface area (Å²) in [5.74, 6) is -0.613. The van der Waals surface area contributed by atoms with Crippen molar-refractivity contribution in [1.82, 2.24) is 0 Å². The molecule has 258 valence electrons. The largest absolute Gasteiger partial charge is 0.456 e. The minimum atomic E-state index is -2.14. The zero-order chi connectivity index (χ0) is 35.0. The van der Waals surface area contributed by atoms with Crippen molar-refractivity contribution in [2.75, 3.05) is 6.61 Å². The molecule has 0 aromatic carbocycles. The normalized spacial score (nSPS) is 30.2. The lowest BCUT2D eigenvalue weighted by Gasteiger charge is -2.40. The first-order chi connectivity index (χ1) is 20.5. The summed E-state index contributed by atoms with van der Waals surface area (Å²) in [6.07, 6.45) is 11.8. The Morgan fingerprint density at radius 3 is 2.07 bits per heavy atom. The van der Waals surface area contributed by atoms with Gasteiger partial charge in [0, 0.05) is 12.3 Å². The molecular formula is C37H66O6Si2. The van der Waals surface area contributed by atoms with Crippen molar-refractivity contribution in [3.8, 4) is 0 Å². The first-order valence-corrected chi connectivity index (χ1v) is 22.5. The molecule has 0 amide bonds. The molecule has 8 heteroatoms. The van der Waals surface area contributed by atoms with Crippen LogP contribution in [0.5, 0.6) is 0 Å². The Hall–Kier alpha value is -1.56. The summed E-state index contributed by atoms with van der Waals surface area (Å²) >= 11 is 0. The summed E-state index contributed by atoms with van der Waals surface area (Å²) in [7, 11) is -4.26. The molecule has 6 nitrogen and oxygen atoms in total. The van der Waals surface area contributed by atoms with Gasteiger partial charge in [0.1, 0.15) is 6.10 Å². The Balaban J connectivity index is 3.68. The molecule has 1 unspecified atom stereocenters. The summed E-state index contributed by atoms with van der Waals surface area (Å²) in [6, 6.07) is 0. The molecule has 5 atom stereocenters. The monoisotopic (exact) mass is 662 g/mol. The van der Waals surface area contributed by atoms with Gasteiger partial charge in [-0.15, -0.1) is 0 Å². The number of hydrogen-bond donors (Lipinski definition) is 2. The molecule has 0 aromatic rings. The van der Waals surface area contributed by atoms with Crippen LogP contribution in [0.3, 0.4) is 0 Å².